The van der Waals surface area contributed by atoms with Crippen LogP contribution < -0.4 is 16.4 Å². The predicted octanol–water partition coefficient (Wildman–Crippen LogP) is 2.59. The molecule has 23 heavy (non-hydrogen) atoms. The average Bonchev–Trinajstić information content (AvgIpc) is 2.51. The van der Waals surface area contributed by atoms with Crippen LogP contribution in [0.3, 0.4) is 0 Å². The lowest BCUT2D eigenvalue weighted by Gasteiger charge is -2.11. The van der Waals surface area contributed by atoms with Crippen LogP contribution in [0.5, 0.6) is 0 Å². The summed E-state index contributed by atoms with van der Waals surface area (Å²) in [7, 11) is 0. The van der Waals surface area contributed by atoms with Gasteiger partial charge in [-0.15, -0.1) is 0 Å². The van der Waals surface area contributed by atoms with Gasteiger partial charge >= 0.3 is 0 Å². The molecule has 0 atom stereocenters. The Morgan fingerprint density at radius 1 is 1.09 bits per heavy atom. The lowest BCUT2D eigenvalue weighted by molar-refractivity contribution is 0.100. The molecule has 0 aliphatic heterocycles. The van der Waals surface area contributed by atoms with Crippen LogP contribution in [0.25, 0.3) is 0 Å². The third-order valence-electron chi connectivity index (χ3n) is 3.11. The molecule has 0 heterocycles. The number of thiocarbonyl (C=S) groups is 1. The summed E-state index contributed by atoms with van der Waals surface area (Å²) in [6, 6.07) is 10.3. The van der Waals surface area contributed by atoms with Crippen molar-refractivity contribution in [3.63, 3.8) is 0 Å². The van der Waals surface area contributed by atoms with E-state index in [1.54, 1.807) is 24.3 Å². The van der Waals surface area contributed by atoms with E-state index < -0.39 is 17.5 Å². The minimum absolute atomic E-state index is 0.388. The predicted molar refractivity (Wildman–Crippen MR) is 89.2 cm³/mol. The van der Waals surface area contributed by atoms with Crippen molar-refractivity contribution in [2.24, 2.45) is 5.73 Å². The zero-order valence-corrected chi connectivity index (χ0v) is 12.9. The quantitative estimate of drug-likeness (QED) is 0.735. The zero-order chi connectivity index (χ0) is 16.8. The van der Waals surface area contributed by atoms with Gasteiger partial charge in [0.05, 0.1) is 0 Å². The summed E-state index contributed by atoms with van der Waals surface area (Å²) in [6.45, 7) is 0.469. The minimum Gasteiger partial charge on any atom is -0.366 e. The van der Waals surface area contributed by atoms with Crippen molar-refractivity contribution in [1.82, 2.24) is 5.32 Å². The molecule has 2 aromatic carbocycles. The number of carbonyl (C=O) groups is 1. The fourth-order valence-corrected chi connectivity index (χ4v) is 2.13. The highest BCUT2D eigenvalue weighted by Gasteiger charge is 2.04. The number of nitrogens with two attached hydrogens (primary N) is 1. The van der Waals surface area contributed by atoms with E-state index in [2.05, 4.69) is 10.6 Å². The van der Waals surface area contributed by atoms with E-state index in [-0.39, 0.29) is 0 Å². The van der Waals surface area contributed by atoms with Crippen molar-refractivity contribution in [2.45, 2.75) is 6.42 Å². The second-order valence-electron chi connectivity index (χ2n) is 4.82. The molecule has 4 nitrogen and oxygen atoms in total. The first-order valence-corrected chi connectivity index (χ1v) is 7.25. The number of rotatable bonds is 5. The molecule has 0 spiro atoms. The third-order valence-corrected chi connectivity index (χ3v) is 3.36. The Kier molecular flexibility index (Phi) is 5.59. The van der Waals surface area contributed by atoms with Gasteiger partial charge in [-0.2, -0.15) is 0 Å². The molecule has 0 aliphatic rings. The highest BCUT2D eigenvalue weighted by atomic mass is 32.1. The smallest absolute Gasteiger partial charge is 0.248 e. The number of nitrogens with one attached hydrogen (secondary N) is 2. The number of anilines is 1. The summed E-state index contributed by atoms with van der Waals surface area (Å²) in [5, 5.41) is 6.30. The number of benzene rings is 2. The second-order valence-corrected chi connectivity index (χ2v) is 5.23. The van der Waals surface area contributed by atoms with E-state index in [1.807, 2.05) is 0 Å². The Bertz CT molecular complexity index is 720. The number of hydrogen-bond donors (Lipinski definition) is 3. The molecule has 2 aromatic rings. The Balaban J connectivity index is 1.80. The molecule has 0 bridgehead atoms. The van der Waals surface area contributed by atoms with Gasteiger partial charge in [0.1, 0.15) is 0 Å². The van der Waals surface area contributed by atoms with Crippen LogP contribution in [0.1, 0.15) is 15.9 Å². The van der Waals surface area contributed by atoms with E-state index in [0.717, 1.165) is 12.1 Å². The van der Waals surface area contributed by atoms with Crippen molar-refractivity contribution >= 4 is 28.9 Å². The molecule has 0 radical (unpaired) electrons. The minimum atomic E-state index is -0.863. The summed E-state index contributed by atoms with van der Waals surface area (Å²) >= 11 is 5.13. The van der Waals surface area contributed by atoms with Gasteiger partial charge < -0.3 is 16.4 Å². The van der Waals surface area contributed by atoms with E-state index in [1.165, 1.54) is 6.07 Å². The van der Waals surface area contributed by atoms with Crippen LogP contribution in [0.15, 0.2) is 42.5 Å². The van der Waals surface area contributed by atoms with Crippen LogP contribution in [0.4, 0.5) is 14.5 Å². The molecule has 120 valence electrons. The van der Waals surface area contributed by atoms with Gasteiger partial charge in [0.2, 0.25) is 5.91 Å². The molecule has 2 rings (SSSR count). The first kappa shape index (κ1) is 16.8. The monoisotopic (exact) mass is 335 g/mol. The number of hydrogen-bond acceptors (Lipinski definition) is 2. The van der Waals surface area contributed by atoms with E-state index >= 15 is 0 Å². The SMILES string of the molecule is NC(=O)c1ccc(NC(=S)NCCc2ccc(F)c(F)c2)cc1. The van der Waals surface area contributed by atoms with Crippen LogP contribution >= 0.6 is 12.2 Å². The number of carbonyl (C=O) groups excluding carboxylic acids is 1. The Morgan fingerprint density at radius 3 is 2.39 bits per heavy atom. The molecule has 1 amide bonds. The first-order chi connectivity index (χ1) is 11.0. The standard InChI is InChI=1S/C16H15F2N3OS/c17-13-6-1-10(9-14(13)18)7-8-20-16(23)21-12-4-2-11(3-5-12)15(19)22/h1-6,9H,7-8H2,(H2,19,22)(H2,20,21,23). The maximum absolute atomic E-state index is 13.1. The largest absolute Gasteiger partial charge is 0.366 e. The Labute approximate surface area is 137 Å². The van der Waals surface area contributed by atoms with Crippen molar-refractivity contribution in [3.05, 3.63) is 65.2 Å². The highest BCUT2D eigenvalue weighted by Crippen LogP contribution is 2.10. The molecule has 0 fully saturated rings. The van der Waals surface area contributed by atoms with Gasteiger partial charge in [-0.1, -0.05) is 6.07 Å². The molecule has 0 aliphatic carbocycles. The Hall–Kier alpha value is -2.54. The van der Waals surface area contributed by atoms with Gasteiger partial charge in [0, 0.05) is 17.8 Å². The summed E-state index contributed by atoms with van der Waals surface area (Å²) < 4.78 is 25.9. The molecular weight excluding hydrogens is 320 g/mol. The van der Waals surface area contributed by atoms with E-state index in [0.29, 0.717) is 34.9 Å². The lowest BCUT2D eigenvalue weighted by Crippen LogP contribution is -2.30. The topological polar surface area (TPSA) is 67.2 Å². The van der Waals surface area contributed by atoms with Gasteiger partial charge in [-0.05, 0) is 60.6 Å². The van der Waals surface area contributed by atoms with E-state index in [4.69, 9.17) is 18.0 Å². The van der Waals surface area contributed by atoms with Crippen LogP contribution in [-0.2, 0) is 6.42 Å². The van der Waals surface area contributed by atoms with E-state index in [9.17, 15) is 13.6 Å². The fourth-order valence-electron chi connectivity index (χ4n) is 1.91. The second kappa shape index (κ2) is 7.64. The van der Waals surface area contributed by atoms with Crippen molar-refractivity contribution in [1.29, 1.82) is 0 Å². The van der Waals surface area contributed by atoms with Gasteiger partial charge in [0.15, 0.2) is 16.7 Å². The maximum atomic E-state index is 13.1. The summed E-state index contributed by atoms with van der Waals surface area (Å²) in [5.74, 6) is -2.22. The summed E-state index contributed by atoms with van der Waals surface area (Å²) in [6.07, 6.45) is 0.500. The van der Waals surface area contributed by atoms with Crippen molar-refractivity contribution in [3.8, 4) is 0 Å². The average molecular weight is 335 g/mol. The fraction of sp³-hybridized carbons (Fsp3) is 0.125. The molecule has 0 saturated heterocycles. The van der Waals surface area contributed by atoms with Crippen molar-refractivity contribution in [2.75, 3.05) is 11.9 Å². The van der Waals surface area contributed by atoms with Crippen LogP contribution in [0.2, 0.25) is 0 Å². The highest BCUT2D eigenvalue weighted by molar-refractivity contribution is 7.80. The number of primary amides is 1. The first-order valence-electron chi connectivity index (χ1n) is 6.84. The van der Waals surface area contributed by atoms with Gasteiger partial charge in [-0.3, -0.25) is 4.79 Å². The molecule has 0 saturated carbocycles. The number of halogens is 2. The summed E-state index contributed by atoms with van der Waals surface area (Å²) in [4.78, 5) is 11.0. The Morgan fingerprint density at radius 2 is 1.78 bits per heavy atom. The molecule has 0 unspecified atom stereocenters. The molecular formula is C16H15F2N3OS. The van der Waals surface area contributed by atoms with Gasteiger partial charge in [-0.25, -0.2) is 8.78 Å². The zero-order valence-electron chi connectivity index (χ0n) is 12.1. The summed E-state index contributed by atoms with van der Waals surface area (Å²) in [5.41, 5.74) is 6.95. The third kappa shape index (κ3) is 5.00. The number of amides is 1. The molecule has 7 heteroatoms. The van der Waals surface area contributed by atoms with Crippen LogP contribution in [-0.4, -0.2) is 17.6 Å². The maximum Gasteiger partial charge on any atom is 0.248 e. The molecule has 0 aromatic heterocycles. The molecule has 4 N–H and O–H groups in total. The van der Waals surface area contributed by atoms with Crippen molar-refractivity contribution < 1.29 is 13.6 Å². The van der Waals surface area contributed by atoms with Gasteiger partial charge in [0.25, 0.3) is 0 Å². The van der Waals surface area contributed by atoms with Crippen LogP contribution in [0, 0.1) is 11.6 Å². The lowest BCUT2D eigenvalue weighted by atomic mass is 10.1. The normalized spacial score (nSPS) is 10.2.